The predicted molar refractivity (Wildman–Crippen MR) is 86.1 cm³/mol. The van der Waals surface area contributed by atoms with Gasteiger partial charge in [0.25, 0.3) is 0 Å². The van der Waals surface area contributed by atoms with E-state index >= 15 is 0 Å². The van der Waals surface area contributed by atoms with Crippen molar-refractivity contribution in [2.45, 2.75) is 76.7 Å². The van der Waals surface area contributed by atoms with Crippen molar-refractivity contribution in [1.82, 2.24) is 10.2 Å². The van der Waals surface area contributed by atoms with Crippen molar-refractivity contribution in [2.24, 2.45) is 11.8 Å². The van der Waals surface area contributed by atoms with Crippen LogP contribution in [0.4, 0.5) is 0 Å². The highest BCUT2D eigenvalue weighted by atomic mass is 16.2. The van der Waals surface area contributed by atoms with Gasteiger partial charge in [0.05, 0.1) is 0 Å². The minimum atomic E-state index is 0.460. The summed E-state index contributed by atoms with van der Waals surface area (Å²) in [4.78, 5) is 14.9. The van der Waals surface area contributed by atoms with Crippen LogP contribution in [0.25, 0.3) is 0 Å². The average Bonchev–Trinajstić information content (AvgIpc) is 3.04. The van der Waals surface area contributed by atoms with Gasteiger partial charge in [0.15, 0.2) is 0 Å². The average molecular weight is 292 g/mol. The first kappa shape index (κ1) is 15.3. The molecule has 0 spiro atoms. The Bertz CT molecular complexity index is 332. The second-order valence-corrected chi connectivity index (χ2v) is 7.43. The number of hydrogen-bond donors (Lipinski definition) is 1. The van der Waals surface area contributed by atoms with Crippen molar-refractivity contribution < 1.29 is 4.79 Å². The van der Waals surface area contributed by atoms with Crippen LogP contribution in [0.3, 0.4) is 0 Å². The van der Waals surface area contributed by atoms with Crippen LogP contribution in [0.15, 0.2) is 0 Å². The van der Waals surface area contributed by atoms with E-state index in [1.54, 1.807) is 0 Å². The van der Waals surface area contributed by atoms with Gasteiger partial charge in [0.2, 0.25) is 5.91 Å². The lowest BCUT2D eigenvalue weighted by molar-refractivity contribution is -0.133. The lowest BCUT2D eigenvalue weighted by atomic mass is 9.83. The first-order chi connectivity index (χ1) is 10.3. The zero-order chi connectivity index (χ0) is 14.5. The Morgan fingerprint density at radius 2 is 1.71 bits per heavy atom. The first-order valence-corrected chi connectivity index (χ1v) is 9.35. The summed E-state index contributed by atoms with van der Waals surface area (Å²) >= 11 is 0. The van der Waals surface area contributed by atoms with Gasteiger partial charge in [-0.15, -0.1) is 0 Å². The van der Waals surface area contributed by atoms with E-state index in [1.165, 1.54) is 57.8 Å². The van der Waals surface area contributed by atoms with Crippen molar-refractivity contribution in [1.29, 1.82) is 0 Å². The lowest BCUT2D eigenvalue weighted by Crippen LogP contribution is -2.41. The monoisotopic (exact) mass is 292 g/mol. The van der Waals surface area contributed by atoms with Gasteiger partial charge in [-0.05, 0) is 69.9 Å². The van der Waals surface area contributed by atoms with Gasteiger partial charge in [-0.25, -0.2) is 0 Å². The van der Waals surface area contributed by atoms with Crippen LogP contribution in [-0.4, -0.2) is 36.5 Å². The van der Waals surface area contributed by atoms with Crippen LogP contribution in [0.1, 0.15) is 70.6 Å². The maximum absolute atomic E-state index is 12.7. The Hall–Kier alpha value is -0.570. The quantitative estimate of drug-likeness (QED) is 0.862. The number of amides is 1. The van der Waals surface area contributed by atoms with Gasteiger partial charge in [-0.2, -0.15) is 0 Å². The minimum Gasteiger partial charge on any atom is -0.339 e. The Labute approximate surface area is 129 Å². The van der Waals surface area contributed by atoms with Gasteiger partial charge in [-0.3, -0.25) is 4.79 Å². The fourth-order valence-electron chi connectivity index (χ4n) is 4.75. The molecule has 0 aromatic heterocycles. The Kier molecular flexibility index (Phi) is 5.56. The molecule has 1 aliphatic carbocycles. The molecule has 3 rings (SSSR count). The van der Waals surface area contributed by atoms with Gasteiger partial charge < -0.3 is 10.2 Å². The summed E-state index contributed by atoms with van der Waals surface area (Å²) in [5.74, 6) is 2.05. The highest BCUT2D eigenvalue weighted by Gasteiger charge is 2.34. The molecule has 1 amide bonds. The van der Waals surface area contributed by atoms with E-state index in [-0.39, 0.29) is 0 Å². The molecule has 0 aromatic carbocycles. The summed E-state index contributed by atoms with van der Waals surface area (Å²) in [6, 6.07) is 0.589. The zero-order valence-corrected chi connectivity index (χ0v) is 13.5. The maximum atomic E-state index is 12.7. The summed E-state index contributed by atoms with van der Waals surface area (Å²) < 4.78 is 0. The first-order valence-electron chi connectivity index (χ1n) is 9.35. The molecule has 2 aliphatic heterocycles. The molecule has 2 saturated heterocycles. The van der Waals surface area contributed by atoms with Crippen LogP contribution >= 0.6 is 0 Å². The molecule has 0 bridgehead atoms. The van der Waals surface area contributed by atoms with Gasteiger partial charge in [0, 0.05) is 19.0 Å². The topological polar surface area (TPSA) is 32.3 Å². The summed E-state index contributed by atoms with van der Waals surface area (Å²) in [5, 5.41) is 3.41. The number of likely N-dealkylation sites (tertiary alicyclic amines) is 1. The molecule has 120 valence electrons. The molecule has 2 heterocycles. The number of carbonyl (C=O) groups is 1. The number of hydrogen-bond acceptors (Lipinski definition) is 2. The number of nitrogens with zero attached hydrogens (tertiary/aromatic N) is 1. The fraction of sp³-hybridized carbons (Fsp3) is 0.944. The predicted octanol–water partition coefficient (Wildman–Crippen LogP) is 3.34. The van der Waals surface area contributed by atoms with Crippen LogP contribution < -0.4 is 5.32 Å². The minimum absolute atomic E-state index is 0.460. The van der Waals surface area contributed by atoms with Gasteiger partial charge >= 0.3 is 0 Å². The standard InChI is InChI=1S/C18H32N2O/c21-18(9-8-15-10-12-19-13-11-15)20-14-4-7-17(20)16-5-2-1-3-6-16/h15-17,19H,1-14H2. The highest BCUT2D eigenvalue weighted by molar-refractivity contribution is 5.76. The van der Waals surface area contributed by atoms with E-state index in [1.807, 2.05) is 0 Å². The lowest BCUT2D eigenvalue weighted by Gasteiger charge is -2.34. The van der Waals surface area contributed by atoms with Crippen molar-refractivity contribution in [3.63, 3.8) is 0 Å². The van der Waals surface area contributed by atoms with Crippen molar-refractivity contribution in [3.05, 3.63) is 0 Å². The zero-order valence-electron chi connectivity index (χ0n) is 13.5. The van der Waals surface area contributed by atoms with E-state index in [0.717, 1.165) is 44.3 Å². The molecule has 3 heteroatoms. The summed E-state index contributed by atoms with van der Waals surface area (Å²) in [7, 11) is 0. The van der Waals surface area contributed by atoms with E-state index < -0.39 is 0 Å². The van der Waals surface area contributed by atoms with Gasteiger partial charge in [0.1, 0.15) is 0 Å². The molecule has 1 N–H and O–H groups in total. The highest BCUT2D eigenvalue weighted by Crippen LogP contribution is 2.34. The Morgan fingerprint density at radius 1 is 0.952 bits per heavy atom. The normalized spacial score (nSPS) is 29.0. The fourth-order valence-corrected chi connectivity index (χ4v) is 4.75. The van der Waals surface area contributed by atoms with E-state index in [9.17, 15) is 4.79 Å². The molecule has 21 heavy (non-hydrogen) atoms. The molecule has 3 nitrogen and oxygen atoms in total. The van der Waals surface area contributed by atoms with E-state index in [2.05, 4.69) is 10.2 Å². The SMILES string of the molecule is O=C(CCC1CCNCC1)N1CCCC1C1CCCCC1. The number of rotatable bonds is 4. The van der Waals surface area contributed by atoms with Crippen LogP contribution in [0.2, 0.25) is 0 Å². The molecular weight excluding hydrogens is 260 g/mol. The number of carbonyl (C=O) groups excluding carboxylic acids is 1. The maximum Gasteiger partial charge on any atom is 0.222 e. The third-order valence-corrected chi connectivity index (χ3v) is 6.04. The second kappa shape index (κ2) is 7.62. The third kappa shape index (κ3) is 4.00. The molecule has 3 fully saturated rings. The largest absolute Gasteiger partial charge is 0.339 e. The number of piperidine rings is 1. The van der Waals surface area contributed by atoms with Crippen LogP contribution in [0.5, 0.6) is 0 Å². The molecule has 3 aliphatic rings. The summed E-state index contributed by atoms with van der Waals surface area (Å²) in [6.07, 6.45) is 13.9. The molecule has 1 unspecified atom stereocenters. The smallest absolute Gasteiger partial charge is 0.222 e. The van der Waals surface area contributed by atoms with Crippen molar-refractivity contribution in [3.8, 4) is 0 Å². The Balaban J connectivity index is 1.48. The molecule has 0 aromatic rings. The molecule has 0 radical (unpaired) electrons. The third-order valence-electron chi connectivity index (χ3n) is 6.04. The molecular formula is C18H32N2O. The van der Waals surface area contributed by atoms with E-state index in [4.69, 9.17) is 0 Å². The second-order valence-electron chi connectivity index (χ2n) is 7.43. The van der Waals surface area contributed by atoms with E-state index in [0.29, 0.717) is 11.9 Å². The van der Waals surface area contributed by atoms with Crippen LogP contribution in [-0.2, 0) is 4.79 Å². The van der Waals surface area contributed by atoms with Crippen LogP contribution in [0, 0.1) is 11.8 Å². The Morgan fingerprint density at radius 3 is 2.48 bits per heavy atom. The van der Waals surface area contributed by atoms with Crippen molar-refractivity contribution in [2.75, 3.05) is 19.6 Å². The summed E-state index contributed by atoms with van der Waals surface area (Å²) in [6.45, 7) is 3.33. The van der Waals surface area contributed by atoms with Crippen molar-refractivity contribution >= 4 is 5.91 Å². The van der Waals surface area contributed by atoms with Gasteiger partial charge in [-0.1, -0.05) is 19.3 Å². The molecule has 1 saturated carbocycles. The number of nitrogens with one attached hydrogen (secondary N) is 1. The molecule has 1 atom stereocenters. The summed E-state index contributed by atoms with van der Waals surface area (Å²) in [5.41, 5.74) is 0.